The maximum Gasteiger partial charge on any atom is 0.244 e. The van der Waals surface area contributed by atoms with E-state index in [0.717, 1.165) is 5.56 Å². The summed E-state index contributed by atoms with van der Waals surface area (Å²) in [7, 11) is 0. The van der Waals surface area contributed by atoms with Gasteiger partial charge in [0.25, 0.3) is 0 Å². The highest BCUT2D eigenvalue weighted by molar-refractivity contribution is 5.91. The van der Waals surface area contributed by atoms with Gasteiger partial charge in [-0.1, -0.05) is 30.3 Å². The van der Waals surface area contributed by atoms with E-state index in [0.29, 0.717) is 0 Å². The van der Waals surface area contributed by atoms with Crippen LogP contribution in [0.15, 0.2) is 36.4 Å². The van der Waals surface area contributed by atoms with Crippen LogP contribution in [-0.2, 0) is 4.79 Å². The number of hydrogen-bond acceptors (Lipinski definition) is 2. The van der Waals surface area contributed by atoms with Crippen molar-refractivity contribution in [3.63, 3.8) is 0 Å². The summed E-state index contributed by atoms with van der Waals surface area (Å²) in [4.78, 5) is 11.2. The maximum absolute atomic E-state index is 11.2. The van der Waals surface area contributed by atoms with Crippen LogP contribution in [0.3, 0.4) is 0 Å². The van der Waals surface area contributed by atoms with Crippen LogP contribution in [0.2, 0.25) is 0 Å². The zero-order valence-electron chi connectivity index (χ0n) is 8.68. The van der Waals surface area contributed by atoms with Gasteiger partial charge in [-0.15, -0.1) is 0 Å². The minimum absolute atomic E-state index is 0.195. The second kappa shape index (κ2) is 5.98. The van der Waals surface area contributed by atoms with E-state index in [-0.39, 0.29) is 12.5 Å². The molecule has 15 heavy (non-hydrogen) atoms. The first kappa shape index (κ1) is 11.5. The van der Waals surface area contributed by atoms with Crippen molar-refractivity contribution in [1.29, 1.82) is 0 Å². The molecule has 1 aromatic carbocycles. The number of aliphatic hydroxyl groups is 1. The molecule has 0 aliphatic rings. The molecule has 3 heteroatoms. The Morgan fingerprint density at radius 1 is 1.47 bits per heavy atom. The monoisotopic (exact) mass is 205 g/mol. The first-order valence-corrected chi connectivity index (χ1v) is 4.87. The van der Waals surface area contributed by atoms with Crippen molar-refractivity contribution in [3.8, 4) is 0 Å². The molecule has 0 saturated heterocycles. The molecule has 2 N–H and O–H groups in total. The summed E-state index contributed by atoms with van der Waals surface area (Å²) in [5.74, 6) is -0.195. The van der Waals surface area contributed by atoms with Crippen molar-refractivity contribution in [2.45, 2.75) is 13.0 Å². The van der Waals surface area contributed by atoms with Gasteiger partial charge < -0.3 is 10.4 Å². The summed E-state index contributed by atoms with van der Waals surface area (Å²) in [6.07, 6.45) is 2.67. The van der Waals surface area contributed by atoms with Gasteiger partial charge in [0.15, 0.2) is 0 Å². The second-order valence-electron chi connectivity index (χ2n) is 3.34. The Kier molecular flexibility index (Phi) is 4.57. The van der Waals surface area contributed by atoms with Gasteiger partial charge in [0.05, 0.1) is 6.10 Å². The van der Waals surface area contributed by atoms with Crippen LogP contribution in [0.5, 0.6) is 0 Å². The standard InChI is InChI=1S/C12H15NO2/c1-10(14)9-13-12(15)8-7-11-5-3-2-4-6-11/h2-8,10,14H,9H2,1H3,(H,13,15)/b8-7+/t10-/m1/s1. The van der Waals surface area contributed by atoms with Crippen LogP contribution in [0, 0.1) is 0 Å². The van der Waals surface area contributed by atoms with Gasteiger partial charge in [-0.2, -0.15) is 0 Å². The van der Waals surface area contributed by atoms with Crippen molar-refractivity contribution >= 4 is 12.0 Å². The van der Waals surface area contributed by atoms with Gasteiger partial charge >= 0.3 is 0 Å². The van der Waals surface area contributed by atoms with Crippen LogP contribution >= 0.6 is 0 Å². The van der Waals surface area contributed by atoms with Gasteiger partial charge in [0.1, 0.15) is 0 Å². The molecule has 0 saturated carbocycles. The van der Waals surface area contributed by atoms with E-state index in [1.807, 2.05) is 30.3 Å². The number of aliphatic hydroxyl groups excluding tert-OH is 1. The third-order valence-electron chi connectivity index (χ3n) is 1.80. The van der Waals surface area contributed by atoms with Crippen LogP contribution in [0.25, 0.3) is 6.08 Å². The Morgan fingerprint density at radius 2 is 2.13 bits per heavy atom. The predicted octanol–water partition coefficient (Wildman–Crippen LogP) is 1.20. The predicted molar refractivity (Wildman–Crippen MR) is 60.2 cm³/mol. The average molecular weight is 205 g/mol. The SMILES string of the molecule is C[C@@H](O)CNC(=O)/C=C/c1ccccc1. The van der Waals surface area contributed by atoms with Crippen LogP contribution in [-0.4, -0.2) is 23.7 Å². The third-order valence-corrected chi connectivity index (χ3v) is 1.80. The van der Waals surface area contributed by atoms with Crippen LogP contribution < -0.4 is 5.32 Å². The Balaban J connectivity index is 2.41. The lowest BCUT2D eigenvalue weighted by Gasteiger charge is -2.03. The highest BCUT2D eigenvalue weighted by Crippen LogP contribution is 2.00. The van der Waals surface area contributed by atoms with E-state index < -0.39 is 6.10 Å². The molecule has 1 rings (SSSR count). The van der Waals surface area contributed by atoms with Gasteiger partial charge in [0.2, 0.25) is 5.91 Å². The highest BCUT2D eigenvalue weighted by Gasteiger charge is 1.97. The van der Waals surface area contributed by atoms with Gasteiger partial charge in [-0.25, -0.2) is 0 Å². The lowest BCUT2D eigenvalue weighted by molar-refractivity contribution is -0.116. The van der Waals surface area contributed by atoms with Crippen molar-refractivity contribution in [1.82, 2.24) is 5.32 Å². The first-order chi connectivity index (χ1) is 7.18. The molecule has 3 nitrogen and oxygen atoms in total. The van der Waals surface area contributed by atoms with Crippen molar-refractivity contribution < 1.29 is 9.90 Å². The largest absolute Gasteiger partial charge is 0.392 e. The molecule has 0 aromatic heterocycles. The molecule has 80 valence electrons. The number of nitrogens with one attached hydrogen (secondary N) is 1. The van der Waals surface area contributed by atoms with E-state index in [9.17, 15) is 4.79 Å². The minimum atomic E-state index is -0.515. The molecule has 0 fully saturated rings. The smallest absolute Gasteiger partial charge is 0.244 e. The second-order valence-corrected chi connectivity index (χ2v) is 3.34. The normalized spacial score (nSPS) is 12.7. The molecule has 1 aromatic rings. The van der Waals surface area contributed by atoms with Gasteiger partial charge in [0, 0.05) is 12.6 Å². The number of carbonyl (C=O) groups is 1. The lowest BCUT2D eigenvalue weighted by atomic mass is 10.2. The summed E-state index contributed by atoms with van der Waals surface area (Å²) in [5.41, 5.74) is 0.977. The first-order valence-electron chi connectivity index (χ1n) is 4.87. The van der Waals surface area contributed by atoms with Crippen molar-refractivity contribution in [2.24, 2.45) is 0 Å². The van der Waals surface area contributed by atoms with Crippen molar-refractivity contribution in [2.75, 3.05) is 6.54 Å². The molecule has 0 spiro atoms. The summed E-state index contributed by atoms with van der Waals surface area (Å²) in [6, 6.07) is 9.57. The molecular formula is C12H15NO2. The van der Waals surface area contributed by atoms with Gasteiger partial charge in [-0.3, -0.25) is 4.79 Å². The molecule has 0 aliphatic heterocycles. The number of hydrogen-bond donors (Lipinski definition) is 2. The number of rotatable bonds is 4. The highest BCUT2D eigenvalue weighted by atomic mass is 16.3. The van der Waals surface area contributed by atoms with E-state index in [1.54, 1.807) is 13.0 Å². The molecule has 1 atom stereocenters. The van der Waals surface area contributed by atoms with Gasteiger partial charge in [-0.05, 0) is 18.6 Å². The molecular weight excluding hydrogens is 190 g/mol. The summed E-state index contributed by atoms with van der Waals surface area (Å²) in [6.45, 7) is 1.90. The summed E-state index contributed by atoms with van der Waals surface area (Å²) < 4.78 is 0. The average Bonchev–Trinajstić information content (AvgIpc) is 2.25. The Bertz CT molecular complexity index is 331. The van der Waals surface area contributed by atoms with Crippen molar-refractivity contribution in [3.05, 3.63) is 42.0 Å². The molecule has 0 unspecified atom stereocenters. The summed E-state index contributed by atoms with van der Waals surface area (Å²) in [5, 5.41) is 11.5. The molecule has 0 heterocycles. The lowest BCUT2D eigenvalue weighted by Crippen LogP contribution is -2.28. The van der Waals surface area contributed by atoms with Crippen LogP contribution in [0.1, 0.15) is 12.5 Å². The Hall–Kier alpha value is -1.61. The quantitative estimate of drug-likeness (QED) is 0.725. The zero-order chi connectivity index (χ0) is 11.1. The Morgan fingerprint density at radius 3 is 2.73 bits per heavy atom. The van der Waals surface area contributed by atoms with E-state index in [1.165, 1.54) is 6.08 Å². The fraction of sp³-hybridized carbons (Fsp3) is 0.250. The fourth-order valence-electron chi connectivity index (χ4n) is 1.04. The maximum atomic E-state index is 11.2. The zero-order valence-corrected chi connectivity index (χ0v) is 8.68. The summed E-state index contributed by atoms with van der Waals surface area (Å²) >= 11 is 0. The van der Waals surface area contributed by atoms with Crippen LogP contribution in [0.4, 0.5) is 0 Å². The molecule has 0 bridgehead atoms. The van der Waals surface area contributed by atoms with E-state index >= 15 is 0 Å². The molecule has 1 amide bonds. The third kappa shape index (κ3) is 4.98. The molecule has 0 aliphatic carbocycles. The topological polar surface area (TPSA) is 49.3 Å². The number of carbonyl (C=O) groups excluding carboxylic acids is 1. The number of amides is 1. The minimum Gasteiger partial charge on any atom is -0.392 e. The fourth-order valence-corrected chi connectivity index (χ4v) is 1.04. The molecule has 0 radical (unpaired) electrons. The van der Waals surface area contributed by atoms with E-state index in [2.05, 4.69) is 5.32 Å². The number of benzene rings is 1. The van der Waals surface area contributed by atoms with E-state index in [4.69, 9.17) is 5.11 Å². The Labute approximate surface area is 89.4 Å².